The van der Waals surface area contributed by atoms with Gasteiger partial charge in [0.15, 0.2) is 5.76 Å². The van der Waals surface area contributed by atoms with E-state index in [0.29, 0.717) is 23.4 Å². The van der Waals surface area contributed by atoms with Gasteiger partial charge in [-0.15, -0.1) is 0 Å². The zero-order valence-corrected chi connectivity index (χ0v) is 19.2. The molecule has 2 aromatic rings. The molecular formula is C26H33N3O2. The van der Waals surface area contributed by atoms with E-state index in [9.17, 15) is 10.4 Å². The second-order valence-electron chi connectivity index (χ2n) is 7.44. The van der Waals surface area contributed by atoms with Crippen molar-refractivity contribution >= 4 is 0 Å². The fourth-order valence-corrected chi connectivity index (χ4v) is 3.71. The molecule has 0 atom stereocenters. The molecule has 0 saturated heterocycles. The lowest BCUT2D eigenvalue weighted by Gasteiger charge is -2.31. The van der Waals surface area contributed by atoms with E-state index in [2.05, 4.69) is 43.1 Å². The predicted molar refractivity (Wildman–Crippen MR) is 125 cm³/mol. The Morgan fingerprint density at radius 1 is 1.23 bits per heavy atom. The largest absolute Gasteiger partial charge is 0.508 e. The number of benzene rings is 1. The van der Waals surface area contributed by atoms with Crippen molar-refractivity contribution in [2.45, 2.75) is 66.3 Å². The van der Waals surface area contributed by atoms with Gasteiger partial charge in [0.25, 0.3) is 0 Å². The van der Waals surface area contributed by atoms with Gasteiger partial charge < -0.3 is 14.5 Å². The smallest absolute Gasteiger partial charge is 0.168 e. The number of allylic oxidation sites excluding steroid dienone is 3. The molecule has 0 radical (unpaired) electrons. The number of phenolic OH excluding ortho intramolecular Hbond substituents is 1. The van der Waals surface area contributed by atoms with Crippen molar-refractivity contribution in [1.82, 2.24) is 10.1 Å². The zero-order valence-electron chi connectivity index (χ0n) is 19.2. The summed E-state index contributed by atoms with van der Waals surface area (Å²) in [6.45, 7) is 17.3. The monoisotopic (exact) mass is 419 g/mol. The normalized spacial score (nSPS) is 13.1. The van der Waals surface area contributed by atoms with Crippen LogP contribution in [0.1, 0.15) is 71.1 Å². The summed E-state index contributed by atoms with van der Waals surface area (Å²) in [5, 5.41) is 23.3. The summed E-state index contributed by atoms with van der Waals surface area (Å²) in [4.78, 5) is 2.11. The first-order valence-electron chi connectivity index (χ1n) is 11.0. The number of nitriles is 1. The summed E-state index contributed by atoms with van der Waals surface area (Å²) >= 11 is 0. The molecule has 5 heteroatoms. The van der Waals surface area contributed by atoms with E-state index in [4.69, 9.17) is 4.52 Å². The van der Waals surface area contributed by atoms with Crippen LogP contribution in [0.3, 0.4) is 0 Å². The fraction of sp³-hybridized carbons (Fsp3) is 0.385. The van der Waals surface area contributed by atoms with Gasteiger partial charge in [0.2, 0.25) is 0 Å². The van der Waals surface area contributed by atoms with E-state index in [1.807, 2.05) is 13.8 Å². The van der Waals surface area contributed by atoms with Crippen LogP contribution in [-0.2, 0) is 6.54 Å². The van der Waals surface area contributed by atoms with Gasteiger partial charge in [-0.1, -0.05) is 44.7 Å². The number of hydrogen-bond donors (Lipinski definition) is 1. The first-order valence-corrected chi connectivity index (χ1v) is 11.0. The molecular weight excluding hydrogens is 386 g/mol. The zero-order chi connectivity index (χ0) is 23.0. The summed E-state index contributed by atoms with van der Waals surface area (Å²) < 4.78 is 5.50. The molecule has 0 unspecified atom stereocenters. The van der Waals surface area contributed by atoms with Crippen LogP contribution in [0.5, 0.6) is 5.75 Å². The number of aromatic hydroxyl groups is 1. The maximum Gasteiger partial charge on any atom is 0.168 e. The first-order chi connectivity index (χ1) is 14.9. The molecule has 1 N–H and O–H groups in total. The van der Waals surface area contributed by atoms with Crippen LogP contribution in [0.2, 0.25) is 0 Å². The quantitative estimate of drug-likeness (QED) is 0.519. The van der Waals surface area contributed by atoms with E-state index in [-0.39, 0.29) is 5.75 Å². The molecule has 1 heterocycles. The molecule has 5 nitrogen and oxygen atoms in total. The highest BCUT2D eigenvalue weighted by Crippen LogP contribution is 2.34. The van der Waals surface area contributed by atoms with E-state index in [1.165, 1.54) is 36.1 Å². The Hall–Kier alpha value is -3.26. The van der Waals surface area contributed by atoms with Crippen molar-refractivity contribution in [2.24, 2.45) is 0 Å². The molecule has 164 valence electrons. The third-order valence-corrected chi connectivity index (χ3v) is 5.48. The molecule has 31 heavy (non-hydrogen) atoms. The van der Waals surface area contributed by atoms with Gasteiger partial charge in [-0.3, -0.25) is 0 Å². The van der Waals surface area contributed by atoms with Crippen LogP contribution < -0.4 is 0 Å². The van der Waals surface area contributed by atoms with Crippen molar-refractivity contribution in [2.75, 3.05) is 0 Å². The number of aromatic nitrogens is 1. The molecule has 1 aromatic carbocycles. The third kappa shape index (κ3) is 5.67. The number of phenols is 1. The minimum Gasteiger partial charge on any atom is -0.508 e. The van der Waals surface area contributed by atoms with E-state index < -0.39 is 0 Å². The number of hydrogen-bond acceptors (Lipinski definition) is 5. The lowest BCUT2D eigenvalue weighted by molar-refractivity contribution is 0.374. The van der Waals surface area contributed by atoms with Gasteiger partial charge in [0.1, 0.15) is 11.4 Å². The Balaban J connectivity index is 0.00000166. The second kappa shape index (κ2) is 11.2. The Bertz CT molecular complexity index is 1010. The molecule has 0 amide bonds. The van der Waals surface area contributed by atoms with Gasteiger partial charge in [-0.05, 0) is 62.8 Å². The van der Waals surface area contributed by atoms with Gasteiger partial charge >= 0.3 is 0 Å². The van der Waals surface area contributed by atoms with Crippen LogP contribution in [0, 0.1) is 11.3 Å². The highest BCUT2D eigenvalue weighted by molar-refractivity contribution is 5.67. The number of rotatable bonds is 7. The summed E-state index contributed by atoms with van der Waals surface area (Å²) in [5.41, 5.74) is 6.33. The van der Waals surface area contributed by atoms with Crippen molar-refractivity contribution in [3.63, 3.8) is 0 Å². The second-order valence-corrected chi connectivity index (χ2v) is 7.44. The average molecular weight is 420 g/mol. The maximum absolute atomic E-state index is 9.79. The van der Waals surface area contributed by atoms with Crippen LogP contribution in [-0.4, -0.2) is 15.2 Å². The molecule has 1 aliphatic rings. The van der Waals surface area contributed by atoms with E-state index >= 15 is 0 Å². The fourth-order valence-electron chi connectivity index (χ4n) is 3.71. The van der Waals surface area contributed by atoms with Crippen molar-refractivity contribution in [3.05, 3.63) is 71.2 Å². The highest BCUT2D eigenvalue weighted by atomic mass is 16.5. The Morgan fingerprint density at radius 2 is 1.94 bits per heavy atom. The summed E-state index contributed by atoms with van der Waals surface area (Å²) in [6, 6.07) is 8.49. The molecule has 0 saturated carbocycles. The van der Waals surface area contributed by atoms with Gasteiger partial charge in [-0.2, -0.15) is 5.26 Å². The predicted octanol–water partition coefficient (Wildman–Crippen LogP) is 7.07. The Labute approximate surface area is 186 Å². The van der Waals surface area contributed by atoms with Gasteiger partial charge in [-0.25, -0.2) is 0 Å². The van der Waals surface area contributed by atoms with Gasteiger partial charge in [0.05, 0.1) is 18.2 Å². The molecule has 0 bridgehead atoms. The lowest BCUT2D eigenvalue weighted by atomic mass is 9.90. The minimum absolute atomic E-state index is 0.0750. The van der Waals surface area contributed by atoms with Gasteiger partial charge in [0, 0.05) is 23.0 Å². The van der Waals surface area contributed by atoms with Crippen molar-refractivity contribution < 1.29 is 9.63 Å². The third-order valence-electron chi connectivity index (χ3n) is 5.48. The maximum atomic E-state index is 9.79. The topological polar surface area (TPSA) is 73.3 Å². The average Bonchev–Trinajstić information content (AvgIpc) is 3.26. The highest BCUT2D eigenvalue weighted by Gasteiger charge is 2.21. The molecule has 0 spiro atoms. The summed E-state index contributed by atoms with van der Waals surface area (Å²) in [5.74, 6) is 0.527. The molecule has 1 aliphatic carbocycles. The lowest BCUT2D eigenvalue weighted by Crippen LogP contribution is -2.23. The minimum atomic E-state index is 0.0750. The molecule has 0 aliphatic heterocycles. The standard InChI is InChI=1S/C24H27N3O2.C2H6/c1-5-17(3)27(18(4)22-9-7-6-8-16(22)2)15-20-12-24(29-26-20)23-13-21(28)11-10-19(23)14-25;1-2/h10-13,28H,3-9,15H2,1-2H3;1-2H3. The van der Waals surface area contributed by atoms with E-state index in [1.54, 1.807) is 12.1 Å². The van der Waals surface area contributed by atoms with Crippen molar-refractivity contribution in [3.8, 4) is 23.1 Å². The van der Waals surface area contributed by atoms with Crippen LogP contribution >= 0.6 is 0 Å². The summed E-state index contributed by atoms with van der Waals surface area (Å²) in [6.07, 6.45) is 5.37. The molecule has 1 aromatic heterocycles. The van der Waals surface area contributed by atoms with Crippen LogP contribution in [0.4, 0.5) is 0 Å². The Kier molecular flexibility index (Phi) is 8.69. The van der Waals surface area contributed by atoms with Crippen molar-refractivity contribution in [1.29, 1.82) is 5.26 Å². The van der Waals surface area contributed by atoms with Crippen LogP contribution in [0.15, 0.2) is 64.5 Å². The first kappa shape index (κ1) is 24.0. The number of nitrogens with zero attached hydrogens (tertiary/aromatic N) is 3. The molecule has 0 fully saturated rings. The SMILES string of the molecule is C=C(CC)N(Cc1cc(-c2cc(O)ccc2C#N)on1)C(=C)C1=C(C)CCCC1.CC. The van der Waals surface area contributed by atoms with E-state index in [0.717, 1.165) is 36.4 Å². The summed E-state index contributed by atoms with van der Waals surface area (Å²) in [7, 11) is 0. The Morgan fingerprint density at radius 3 is 2.58 bits per heavy atom. The van der Waals surface area contributed by atoms with Crippen LogP contribution in [0.25, 0.3) is 11.3 Å². The molecule has 3 rings (SSSR count).